The van der Waals surface area contributed by atoms with Gasteiger partial charge in [0.25, 0.3) is 5.91 Å². The molecule has 1 aromatic heterocycles. The number of fused-ring (bicyclic) bond motifs is 2. The minimum Gasteiger partial charge on any atom is -0.444 e. The summed E-state index contributed by atoms with van der Waals surface area (Å²) in [6.45, 7) is 4.33. The monoisotopic (exact) mass is 574 g/mol. The zero-order valence-electron chi connectivity index (χ0n) is 22.7. The molecule has 2 saturated heterocycles. The molecule has 3 aliphatic rings. The van der Waals surface area contributed by atoms with Gasteiger partial charge in [-0.25, -0.2) is 4.79 Å². The second-order valence-electron chi connectivity index (χ2n) is 11.5. The number of benzene rings is 1. The molecule has 3 atom stereocenters. The van der Waals surface area contributed by atoms with Crippen molar-refractivity contribution in [1.82, 2.24) is 20.7 Å². The van der Waals surface area contributed by atoms with E-state index in [4.69, 9.17) is 9.47 Å². The first kappa shape index (κ1) is 28.4. The first-order valence-corrected chi connectivity index (χ1v) is 13.0. The number of hydrogen-bond acceptors (Lipinski definition) is 8. The minimum absolute atomic E-state index is 0.0600. The summed E-state index contributed by atoms with van der Waals surface area (Å²) in [7, 11) is 0. The Balaban J connectivity index is 1.34. The lowest BCUT2D eigenvalue weighted by molar-refractivity contribution is -0.191. The van der Waals surface area contributed by atoms with E-state index in [1.807, 2.05) is 6.07 Å². The van der Waals surface area contributed by atoms with Crippen LogP contribution in [0.3, 0.4) is 0 Å². The zero-order valence-corrected chi connectivity index (χ0v) is 22.7. The summed E-state index contributed by atoms with van der Waals surface area (Å²) in [5, 5.41) is 9.91. The van der Waals surface area contributed by atoms with Gasteiger partial charge in [0.15, 0.2) is 0 Å². The summed E-state index contributed by atoms with van der Waals surface area (Å²) in [5.74, 6) is -1.81. The van der Waals surface area contributed by atoms with Crippen LogP contribution >= 0.6 is 0 Å². The van der Waals surface area contributed by atoms with Gasteiger partial charge in [-0.2, -0.15) is 18.4 Å². The van der Waals surface area contributed by atoms with Crippen LogP contribution in [0.1, 0.15) is 32.8 Å². The largest absolute Gasteiger partial charge is 0.444 e. The maximum absolute atomic E-state index is 14.5. The van der Waals surface area contributed by atoms with Gasteiger partial charge in [0, 0.05) is 36.9 Å². The molecule has 1 aromatic carbocycles. The molecule has 1 aliphatic carbocycles. The van der Waals surface area contributed by atoms with E-state index in [0.717, 1.165) is 4.90 Å². The molecule has 0 bridgehead atoms. The maximum atomic E-state index is 14.5. The first-order valence-electron chi connectivity index (χ1n) is 13.0. The number of morpholine rings is 1. The van der Waals surface area contributed by atoms with Crippen molar-refractivity contribution in [1.29, 1.82) is 5.26 Å². The highest BCUT2D eigenvalue weighted by molar-refractivity contribution is 5.97. The second kappa shape index (κ2) is 9.76. The van der Waals surface area contributed by atoms with Crippen molar-refractivity contribution < 1.29 is 37.0 Å². The Labute approximate surface area is 233 Å². The van der Waals surface area contributed by atoms with Crippen molar-refractivity contribution in [3.05, 3.63) is 36.0 Å². The number of carbonyl (C=O) groups is 3. The van der Waals surface area contributed by atoms with E-state index in [9.17, 15) is 32.8 Å². The Morgan fingerprint density at radius 1 is 1.17 bits per heavy atom. The number of aromatic nitrogens is 1. The lowest BCUT2D eigenvalue weighted by Gasteiger charge is -2.35. The summed E-state index contributed by atoms with van der Waals surface area (Å²) < 4.78 is 54.0. The fourth-order valence-corrected chi connectivity index (χ4v) is 5.80. The number of halogens is 3. The van der Waals surface area contributed by atoms with Crippen molar-refractivity contribution in [3.8, 4) is 6.07 Å². The molecule has 14 heteroatoms. The number of nitriles is 1. The number of piperidine rings is 1. The van der Waals surface area contributed by atoms with Crippen molar-refractivity contribution in [2.75, 3.05) is 37.7 Å². The van der Waals surface area contributed by atoms with E-state index in [-0.39, 0.29) is 31.9 Å². The number of pyridine rings is 1. The first-order chi connectivity index (χ1) is 19.2. The summed E-state index contributed by atoms with van der Waals surface area (Å²) in [5.41, 5.74) is 0.435. The molecule has 0 radical (unpaired) electrons. The number of nitrogens with one attached hydrogen (secondary N) is 2. The third-order valence-corrected chi connectivity index (χ3v) is 7.86. The molecule has 2 aliphatic heterocycles. The molecule has 3 fully saturated rings. The Morgan fingerprint density at radius 2 is 1.93 bits per heavy atom. The lowest BCUT2D eigenvalue weighted by Crippen LogP contribution is -2.60. The number of carbonyl (C=O) groups excluding carboxylic acids is 3. The molecule has 2 N–H and O–H groups in total. The number of rotatable bonds is 3. The van der Waals surface area contributed by atoms with Gasteiger partial charge in [0.05, 0.1) is 29.7 Å². The van der Waals surface area contributed by atoms with Gasteiger partial charge in [0.2, 0.25) is 5.91 Å². The van der Waals surface area contributed by atoms with Crippen molar-refractivity contribution in [2.45, 2.75) is 45.0 Å². The highest BCUT2D eigenvalue weighted by atomic mass is 19.4. The highest BCUT2D eigenvalue weighted by Gasteiger charge is 2.86. The van der Waals surface area contributed by atoms with Crippen molar-refractivity contribution >= 4 is 34.5 Å². The summed E-state index contributed by atoms with van der Waals surface area (Å²) in [4.78, 5) is 45.8. The van der Waals surface area contributed by atoms with Crippen LogP contribution in [0.5, 0.6) is 0 Å². The molecule has 41 heavy (non-hydrogen) atoms. The SMILES string of the molecule is CC(C)(C)OC(=O)N1CCOC[C@H]1C(=O)NNC(=O)[C@]12CN(c3ccc(C#N)c4ncccc34)C[C@@]1(C(F)(F)F)C2. The second-order valence-corrected chi connectivity index (χ2v) is 11.5. The van der Waals surface area contributed by atoms with E-state index >= 15 is 0 Å². The van der Waals surface area contributed by atoms with Gasteiger partial charge in [-0.05, 0) is 51.5 Å². The van der Waals surface area contributed by atoms with E-state index in [1.165, 1.54) is 17.2 Å². The van der Waals surface area contributed by atoms with E-state index in [1.54, 1.807) is 39.0 Å². The Morgan fingerprint density at radius 3 is 2.61 bits per heavy atom. The average molecular weight is 575 g/mol. The van der Waals surface area contributed by atoms with Crippen LogP contribution in [-0.2, 0) is 19.1 Å². The van der Waals surface area contributed by atoms with E-state index < -0.39 is 59.5 Å². The quantitative estimate of drug-likeness (QED) is 0.534. The van der Waals surface area contributed by atoms with Crippen LogP contribution in [0, 0.1) is 22.2 Å². The molecule has 218 valence electrons. The molecule has 3 amide bonds. The maximum Gasteiger partial charge on any atom is 0.411 e. The van der Waals surface area contributed by atoms with Crippen LogP contribution in [0.4, 0.5) is 23.7 Å². The normalized spacial score (nSPS) is 25.7. The molecule has 0 spiro atoms. The number of anilines is 1. The van der Waals surface area contributed by atoms with Gasteiger partial charge >= 0.3 is 12.3 Å². The van der Waals surface area contributed by atoms with Crippen LogP contribution in [0.2, 0.25) is 0 Å². The molecule has 5 rings (SSSR count). The number of ether oxygens (including phenoxy) is 2. The predicted octanol–water partition coefficient (Wildman–Crippen LogP) is 2.65. The third-order valence-electron chi connectivity index (χ3n) is 7.86. The fraction of sp³-hybridized carbons (Fsp3) is 0.519. The number of hydrogen-bond donors (Lipinski definition) is 2. The van der Waals surface area contributed by atoms with Gasteiger partial charge in [-0.15, -0.1) is 0 Å². The van der Waals surface area contributed by atoms with Gasteiger partial charge in [-0.3, -0.25) is 30.3 Å². The summed E-state index contributed by atoms with van der Waals surface area (Å²) >= 11 is 0. The fourth-order valence-electron chi connectivity index (χ4n) is 5.80. The van der Waals surface area contributed by atoms with Gasteiger partial charge in [0.1, 0.15) is 23.1 Å². The van der Waals surface area contributed by atoms with Gasteiger partial charge in [-0.1, -0.05) is 0 Å². The number of amides is 3. The van der Waals surface area contributed by atoms with E-state index in [2.05, 4.69) is 15.8 Å². The number of nitrogens with zero attached hydrogens (tertiary/aromatic N) is 4. The molecular formula is C27H29F3N6O5. The molecule has 0 unspecified atom stereocenters. The molecular weight excluding hydrogens is 545 g/mol. The topological polar surface area (TPSA) is 137 Å². The summed E-state index contributed by atoms with van der Waals surface area (Å²) in [6.07, 6.45) is -4.40. The molecule has 1 saturated carbocycles. The molecule has 3 heterocycles. The van der Waals surface area contributed by atoms with Crippen molar-refractivity contribution in [2.24, 2.45) is 10.8 Å². The van der Waals surface area contributed by atoms with Crippen LogP contribution in [-0.4, -0.2) is 78.5 Å². The van der Waals surface area contributed by atoms with Gasteiger partial charge < -0.3 is 14.4 Å². The predicted molar refractivity (Wildman–Crippen MR) is 138 cm³/mol. The average Bonchev–Trinajstić information content (AvgIpc) is 3.47. The van der Waals surface area contributed by atoms with Crippen LogP contribution in [0.15, 0.2) is 30.5 Å². The van der Waals surface area contributed by atoms with E-state index in [0.29, 0.717) is 16.6 Å². The number of hydrazine groups is 1. The third kappa shape index (κ3) is 4.77. The lowest BCUT2D eigenvalue weighted by atomic mass is 9.95. The summed E-state index contributed by atoms with van der Waals surface area (Å²) in [6, 6.07) is 7.21. The van der Waals surface area contributed by atoms with Crippen molar-refractivity contribution in [3.63, 3.8) is 0 Å². The Bertz CT molecular complexity index is 1450. The minimum atomic E-state index is -4.70. The standard InChI is InChI=1S/C27H29F3N6O5/c1-24(2,3)41-23(39)36-9-10-40-12-19(36)21(37)33-34-22(38)25-13-26(25,27(28,29)30)15-35(14-25)18-7-6-16(11-31)20-17(18)5-4-8-32-20/h4-8,19H,9-10,12-15H2,1-3H3,(H,33,37)(H,34,38)/t19-,25-,26-/m0/s1. The Kier molecular flexibility index (Phi) is 6.76. The Hall–Kier alpha value is -4.12. The molecule has 2 aromatic rings. The number of alkyl halides is 3. The smallest absolute Gasteiger partial charge is 0.411 e. The molecule has 11 nitrogen and oxygen atoms in total. The van der Waals surface area contributed by atoms with Crippen LogP contribution < -0.4 is 15.8 Å². The van der Waals surface area contributed by atoms with Crippen LogP contribution in [0.25, 0.3) is 10.9 Å². The zero-order chi connectivity index (χ0) is 29.8. The highest BCUT2D eigenvalue weighted by Crippen LogP contribution is 2.75.